The van der Waals surface area contributed by atoms with Gasteiger partial charge in [0.05, 0.1) is 0 Å². The van der Waals surface area contributed by atoms with Crippen molar-refractivity contribution in [3.63, 3.8) is 0 Å². The Hall–Kier alpha value is 0.269. The Balaban J connectivity index is 3.01. The Morgan fingerprint density at radius 1 is 1.14 bits per heavy atom. The summed E-state index contributed by atoms with van der Waals surface area (Å²) in [6.45, 7) is 2.84. The molecule has 0 aliphatic rings. The van der Waals surface area contributed by atoms with E-state index in [9.17, 15) is 4.79 Å². The van der Waals surface area contributed by atoms with Crippen LogP contribution in [-0.2, 0) is 9.53 Å². The first-order valence-electron chi connectivity index (χ1n) is 5.61. The molecule has 0 saturated heterocycles. The number of hydrogen-bond acceptors (Lipinski definition) is 2. The third-order valence-corrected chi connectivity index (χ3v) is 2.80. The molecule has 0 aliphatic carbocycles. The second-order valence-corrected chi connectivity index (χ2v) is 4.92. The van der Waals surface area contributed by atoms with Crippen LogP contribution in [0.2, 0.25) is 4.44 Å². The molecular formula is C11H21O2Sn. The Morgan fingerprint density at radius 2 is 1.79 bits per heavy atom. The third kappa shape index (κ3) is 10.4. The first-order valence-corrected chi connectivity index (χ1v) is 7.63. The fraction of sp³-hybridized carbons (Fsp3) is 0.909. The summed E-state index contributed by atoms with van der Waals surface area (Å²) in [5, 5.41) is 0. The van der Waals surface area contributed by atoms with E-state index < -0.39 is 0 Å². The zero-order chi connectivity index (χ0) is 10.6. The quantitative estimate of drug-likeness (QED) is 0.372. The van der Waals surface area contributed by atoms with Crippen LogP contribution in [0, 0.1) is 0 Å². The van der Waals surface area contributed by atoms with Crippen LogP contribution < -0.4 is 0 Å². The van der Waals surface area contributed by atoms with Gasteiger partial charge in [0.25, 0.3) is 0 Å². The van der Waals surface area contributed by atoms with Gasteiger partial charge in [-0.25, -0.2) is 0 Å². The van der Waals surface area contributed by atoms with E-state index >= 15 is 0 Å². The monoisotopic (exact) mass is 305 g/mol. The van der Waals surface area contributed by atoms with E-state index in [0.717, 1.165) is 10.9 Å². The number of esters is 1. The van der Waals surface area contributed by atoms with Crippen molar-refractivity contribution in [2.45, 2.75) is 56.3 Å². The zero-order valence-corrected chi connectivity index (χ0v) is 12.0. The van der Waals surface area contributed by atoms with Crippen molar-refractivity contribution in [3.8, 4) is 0 Å². The van der Waals surface area contributed by atoms with Gasteiger partial charge in [-0.3, -0.25) is 0 Å². The Kier molecular flexibility index (Phi) is 11.6. The van der Waals surface area contributed by atoms with Crippen molar-refractivity contribution in [2.75, 3.05) is 6.61 Å². The summed E-state index contributed by atoms with van der Waals surface area (Å²) in [5.74, 6) is -0.0182. The SMILES string of the molecule is CCCCCCCCOC(=O)C[CH2][Sn]. The molecule has 0 atom stereocenters. The summed E-state index contributed by atoms with van der Waals surface area (Å²) in [7, 11) is 0. The van der Waals surface area contributed by atoms with Crippen LogP contribution in [0.25, 0.3) is 0 Å². The summed E-state index contributed by atoms with van der Waals surface area (Å²) in [5.41, 5.74) is 0. The van der Waals surface area contributed by atoms with E-state index in [1.54, 1.807) is 0 Å². The topological polar surface area (TPSA) is 26.3 Å². The van der Waals surface area contributed by atoms with Gasteiger partial charge in [-0.05, 0) is 0 Å². The van der Waals surface area contributed by atoms with E-state index in [4.69, 9.17) is 4.74 Å². The fourth-order valence-corrected chi connectivity index (χ4v) is 1.83. The van der Waals surface area contributed by atoms with Gasteiger partial charge >= 0.3 is 101 Å². The van der Waals surface area contributed by atoms with Gasteiger partial charge in [-0.1, -0.05) is 0 Å². The molecule has 0 aliphatic heterocycles. The van der Waals surface area contributed by atoms with Crippen LogP contribution in [0.15, 0.2) is 0 Å². The van der Waals surface area contributed by atoms with Crippen molar-refractivity contribution in [1.29, 1.82) is 0 Å². The van der Waals surface area contributed by atoms with E-state index in [0.29, 0.717) is 13.0 Å². The molecule has 0 aromatic heterocycles. The molecule has 81 valence electrons. The molecule has 0 aromatic rings. The molecule has 0 rings (SSSR count). The normalized spacial score (nSPS) is 10.1. The summed E-state index contributed by atoms with van der Waals surface area (Å²) in [4.78, 5) is 11.0. The number of carbonyl (C=O) groups is 1. The van der Waals surface area contributed by atoms with Gasteiger partial charge in [-0.15, -0.1) is 0 Å². The van der Waals surface area contributed by atoms with E-state index in [1.807, 2.05) is 0 Å². The summed E-state index contributed by atoms with van der Waals surface area (Å²) in [6, 6.07) is 0. The van der Waals surface area contributed by atoms with Crippen LogP contribution in [0.5, 0.6) is 0 Å². The second kappa shape index (κ2) is 11.3. The van der Waals surface area contributed by atoms with Crippen LogP contribution in [0.4, 0.5) is 0 Å². The van der Waals surface area contributed by atoms with Gasteiger partial charge in [0.1, 0.15) is 0 Å². The van der Waals surface area contributed by atoms with Crippen LogP contribution in [-0.4, -0.2) is 35.1 Å². The number of unbranched alkanes of at least 4 members (excludes halogenated alkanes) is 5. The molecule has 0 amide bonds. The Morgan fingerprint density at radius 3 is 2.43 bits per heavy atom. The first-order chi connectivity index (χ1) is 6.81. The predicted molar refractivity (Wildman–Crippen MR) is 59.5 cm³/mol. The molecular weight excluding hydrogens is 283 g/mol. The molecule has 2 nitrogen and oxygen atoms in total. The van der Waals surface area contributed by atoms with Crippen LogP contribution >= 0.6 is 0 Å². The predicted octanol–water partition coefficient (Wildman–Crippen LogP) is 2.87. The van der Waals surface area contributed by atoms with Gasteiger partial charge in [0.15, 0.2) is 0 Å². The molecule has 3 heteroatoms. The summed E-state index contributed by atoms with van der Waals surface area (Å²) < 4.78 is 6.04. The molecule has 0 N–H and O–H groups in total. The van der Waals surface area contributed by atoms with Crippen molar-refractivity contribution < 1.29 is 9.53 Å². The summed E-state index contributed by atoms with van der Waals surface area (Å²) >= 11 is 1.41. The number of ether oxygens (including phenoxy) is 1. The van der Waals surface area contributed by atoms with Gasteiger partial charge in [-0.2, -0.15) is 0 Å². The van der Waals surface area contributed by atoms with Gasteiger partial charge < -0.3 is 0 Å². The molecule has 0 spiro atoms. The third-order valence-electron chi connectivity index (χ3n) is 2.09. The number of hydrogen-bond donors (Lipinski definition) is 0. The standard InChI is InChI=1S/C11H21O2.Sn/c1-3-5-6-7-8-9-10-13-11(12)4-2;/h2-10H2,1H3;. The minimum atomic E-state index is -0.0182. The summed E-state index contributed by atoms with van der Waals surface area (Å²) in [6.07, 6.45) is 8.06. The van der Waals surface area contributed by atoms with Crippen molar-refractivity contribution >= 4 is 28.5 Å². The zero-order valence-electron chi connectivity index (χ0n) is 9.18. The van der Waals surface area contributed by atoms with Crippen molar-refractivity contribution in [2.24, 2.45) is 0 Å². The average Bonchev–Trinajstić information content (AvgIpc) is 2.17. The fourth-order valence-electron chi connectivity index (χ4n) is 1.24. The Labute approximate surface area is 101 Å². The van der Waals surface area contributed by atoms with E-state index in [-0.39, 0.29) is 5.97 Å². The second-order valence-electron chi connectivity index (χ2n) is 3.49. The molecule has 3 radical (unpaired) electrons. The molecule has 0 saturated carbocycles. The molecule has 0 heterocycles. The maximum absolute atomic E-state index is 11.0. The molecule has 14 heavy (non-hydrogen) atoms. The number of carbonyl (C=O) groups excluding carboxylic acids is 1. The minimum absolute atomic E-state index is 0.0182. The first kappa shape index (κ1) is 14.3. The van der Waals surface area contributed by atoms with Crippen molar-refractivity contribution in [1.82, 2.24) is 0 Å². The maximum atomic E-state index is 11.0. The van der Waals surface area contributed by atoms with E-state index in [1.165, 1.54) is 54.6 Å². The van der Waals surface area contributed by atoms with Crippen molar-refractivity contribution in [3.05, 3.63) is 0 Å². The molecule has 0 bridgehead atoms. The molecule has 0 aromatic carbocycles. The van der Waals surface area contributed by atoms with Crippen LogP contribution in [0.3, 0.4) is 0 Å². The molecule has 0 unspecified atom stereocenters. The average molecular weight is 304 g/mol. The Bertz CT molecular complexity index is 137. The van der Waals surface area contributed by atoms with Gasteiger partial charge in [0, 0.05) is 0 Å². The van der Waals surface area contributed by atoms with E-state index in [2.05, 4.69) is 6.92 Å². The van der Waals surface area contributed by atoms with Crippen LogP contribution in [0.1, 0.15) is 51.9 Å². The molecule has 0 fully saturated rings. The number of rotatable bonds is 9. The van der Waals surface area contributed by atoms with Gasteiger partial charge in [0.2, 0.25) is 0 Å².